The van der Waals surface area contributed by atoms with E-state index in [1.165, 1.54) is 0 Å². The highest BCUT2D eigenvalue weighted by molar-refractivity contribution is 7.15. The Balaban J connectivity index is 1.35. The Morgan fingerprint density at radius 3 is 2.88 bits per heavy atom. The second kappa shape index (κ2) is 9.92. The van der Waals surface area contributed by atoms with Crippen LogP contribution in [0.4, 0.5) is 5.69 Å². The van der Waals surface area contributed by atoms with Crippen molar-refractivity contribution in [3.63, 3.8) is 0 Å². The van der Waals surface area contributed by atoms with E-state index in [0.717, 1.165) is 11.3 Å². The molecular weight excluding hydrogens is 438 g/mol. The zero-order valence-corrected chi connectivity index (χ0v) is 18.3. The lowest BCUT2D eigenvalue weighted by Gasteiger charge is -2.31. The van der Waals surface area contributed by atoms with E-state index >= 15 is 0 Å². The highest BCUT2D eigenvalue weighted by atomic mass is 32.1. The molecule has 0 spiro atoms. The Morgan fingerprint density at radius 1 is 1.22 bits per heavy atom. The zero-order chi connectivity index (χ0) is 22.5. The molecule has 0 radical (unpaired) electrons. The second-order valence-electron chi connectivity index (χ2n) is 7.31. The van der Waals surface area contributed by atoms with Crippen LogP contribution in [0.5, 0.6) is 11.5 Å². The fraction of sp³-hybridized carbons (Fsp3) is 0.450. The van der Waals surface area contributed by atoms with E-state index in [1.807, 2.05) is 0 Å². The first kappa shape index (κ1) is 22.0. The molecule has 2 aliphatic heterocycles. The summed E-state index contributed by atoms with van der Waals surface area (Å²) in [5.74, 6) is -0.0406. The summed E-state index contributed by atoms with van der Waals surface area (Å²) in [7, 11) is 1.57. The molecule has 4 rings (SSSR count). The molecule has 0 unspecified atom stereocenters. The van der Waals surface area contributed by atoms with Gasteiger partial charge in [-0.2, -0.15) is 0 Å². The van der Waals surface area contributed by atoms with Crippen LogP contribution in [0.15, 0.2) is 18.2 Å². The van der Waals surface area contributed by atoms with E-state index in [2.05, 4.69) is 20.8 Å². The number of hydrogen-bond donors (Lipinski definition) is 2. The van der Waals surface area contributed by atoms with Gasteiger partial charge in [0.1, 0.15) is 0 Å². The third kappa shape index (κ3) is 4.97. The highest BCUT2D eigenvalue weighted by Gasteiger charge is 2.30. The van der Waals surface area contributed by atoms with Crippen LogP contribution in [0.1, 0.15) is 32.4 Å². The van der Waals surface area contributed by atoms with Crippen molar-refractivity contribution in [2.24, 2.45) is 5.92 Å². The Labute approximate surface area is 188 Å². The van der Waals surface area contributed by atoms with Crippen LogP contribution in [0.3, 0.4) is 0 Å². The van der Waals surface area contributed by atoms with Crippen molar-refractivity contribution < 1.29 is 28.6 Å². The molecule has 1 aromatic heterocycles. The van der Waals surface area contributed by atoms with Crippen LogP contribution < -0.4 is 20.1 Å². The van der Waals surface area contributed by atoms with Crippen LogP contribution in [-0.4, -0.2) is 73.0 Å². The van der Waals surface area contributed by atoms with E-state index < -0.39 is 5.91 Å². The SMILES string of the molecule is COCCNC(=O)[C@@H]1CCCN(C(=O)c2nnc(C(=O)Nc3ccc4c(c3)OCO4)s2)C1. The molecule has 0 aliphatic carbocycles. The van der Waals surface area contributed by atoms with E-state index in [1.54, 1.807) is 30.2 Å². The van der Waals surface area contributed by atoms with Gasteiger partial charge in [-0.15, -0.1) is 10.2 Å². The predicted octanol–water partition coefficient (Wildman–Crippen LogP) is 1.13. The van der Waals surface area contributed by atoms with Crippen molar-refractivity contribution in [2.45, 2.75) is 12.8 Å². The lowest BCUT2D eigenvalue weighted by Crippen LogP contribution is -2.45. The first-order valence-corrected chi connectivity index (χ1v) is 11.0. The summed E-state index contributed by atoms with van der Waals surface area (Å²) in [5, 5.41) is 13.5. The van der Waals surface area contributed by atoms with Gasteiger partial charge in [-0.3, -0.25) is 14.4 Å². The van der Waals surface area contributed by atoms with Gasteiger partial charge in [0.2, 0.25) is 22.7 Å². The lowest BCUT2D eigenvalue weighted by molar-refractivity contribution is -0.126. The Morgan fingerprint density at radius 2 is 2.03 bits per heavy atom. The molecule has 1 aromatic carbocycles. The molecule has 32 heavy (non-hydrogen) atoms. The van der Waals surface area contributed by atoms with Crippen molar-refractivity contribution in [3.05, 3.63) is 28.2 Å². The number of ether oxygens (including phenoxy) is 3. The van der Waals surface area contributed by atoms with Crippen LogP contribution in [-0.2, 0) is 9.53 Å². The number of methoxy groups -OCH3 is 1. The topological polar surface area (TPSA) is 132 Å². The number of benzene rings is 1. The number of likely N-dealkylation sites (tertiary alicyclic amines) is 1. The smallest absolute Gasteiger partial charge is 0.286 e. The molecule has 2 aliphatic rings. The summed E-state index contributed by atoms with van der Waals surface area (Å²) in [4.78, 5) is 39.3. The van der Waals surface area contributed by atoms with Gasteiger partial charge in [-0.05, 0) is 25.0 Å². The number of amides is 3. The number of hydrogen-bond acceptors (Lipinski definition) is 9. The molecule has 2 N–H and O–H groups in total. The number of carbonyl (C=O) groups excluding carboxylic acids is 3. The third-order valence-corrected chi connectivity index (χ3v) is 6.03. The number of fused-ring (bicyclic) bond motifs is 1. The number of piperidine rings is 1. The largest absolute Gasteiger partial charge is 0.454 e. The van der Waals surface area contributed by atoms with Gasteiger partial charge in [0.05, 0.1) is 12.5 Å². The lowest BCUT2D eigenvalue weighted by atomic mass is 9.97. The first-order chi connectivity index (χ1) is 15.5. The third-order valence-electron chi connectivity index (χ3n) is 5.12. The van der Waals surface area contributed by atoms with Crippen LogP contribution in [0.2, 0.25) is 0 Å². The average molecular weight is 462 g/mol. The minimum absolute atomic E-state index is 0.0666. The van der Waals surface area contributed by atoms with Crippen molar-refractivity contribution >= 4 is 34.7 Å². The fourth-order valence-electron chi connectivity index (χ4n) is 3.49. The van der Waals surface area contributed by atoms with Crippen LogP contribution in [0.25, 0.3) is 0 Å². The molecular formula is C20H23N5O6S. The molecule has 0 bridgehead atoms. The summed E-state index contributed by atoms with van der Waals surface area (Å²) in [6.45, 7) is 1.83. The average Bonchev–Trinajstić information content (AvgIpc) is 3.48. The van der Waals surface area contributed by atoms with Crippen molar-refractivity contribution in [2.75, 3.05) is 45.5 Å². The number of nitrogens with zero attached hydrogens (tertiary/aromatic N) is 3. The second-order valence-corrected chi connectivity index (χ2v) is 8.29. The number of carbonyl (C=O) groups is 3. The van der Waals surface area contributed by atoms with Crippen LogP contribution >= 0.6 is 11.3 Å². The van der Waals surface area contributed by atoms with E-state index in [9.17, 15) is 14.4 Å². The number of anilines is 1. The molecule has 3 heterocycles. The van der Waals surface area contributed by atoms with Crippen molar-refractivity contribution in [1.82, 2.24) is 20.4 Å². The number of rotatable bonds is 7. The summed E-state index contributed by atoms with van der Waals surface area (Å²) in [5.41, 5.74) is 0.515. The molecule has 1 atom stereocenters. The fourth-order valence-corrected chi connectivity index (χ4v) is 4.20. The maximum absolute atomic E-state index is 12.9. The molecule has 0 saturated carbocycles. The van der Waals surface area contributed by atoms with Crippen molar-refractivity contribution in [3.8, 4) is 11.5 Å². The summed E-state index contributed by atoms with van der Waals surface area (Å²) in [6, 6.07) is 5.04. The first-order valence-electron chi connectivity index (χ1n) is 10.2. The van der Waals surface area contributed by atoms with Gasteiger partial charge in [0.15, 0.2) is 11.5 Å². The Bertz CT molecular complexity index is 1010. The van der Waals surface area contributed by atoms with Gasteiger partial charge in [0.25, 0.3) is 11.8 Å². The van der Waals surface area contributed by atoms with Gasteiger partial charge in [-0.25, -0.2) is 0 Å². The number of aromatic nitrogens is 2. The zero-order valence-electron chi connectivity index (χ0n) is 17.5. The standard InChI is InChI=1S/C20H23N5O6S/c1-29-8-6-21-16(26)12-3-2-7-25(10-12)20(28)19-24-23-18(32-19)17(27)22-13-4-5-14-15(9-13)31-11-30-14/h4-5,9,12H,2-3,6-8,10-11H2,1H3,(H,21,26)(H,22,27)/t12-/m1/s1. The summed E-state index contributed by atoms with van der Waals surface area (Å²) < 4.78 is 15.5. The van der Waals surface area contributed by atoms with E-state index in [-0.39, 0.29) is 34.5 Å². The van der Waals surface area contributed by atoms with Gasteiger partial charge < -0.3 is 29.7 Å². The number of nitrogens with one attached hydrogen (secondary N) is 2. The molecule has 11 nitrogen and oxygen atoms in total. The molecule has 3 amide bonds. The molecule has 1 fully saturated rings. The minimum Gasteiger partial charge on any atom is -0.454 e. The Kier molecular flexibility index (Phi) is 6.81. The van der Waals surface area contributed by atoms with Gasteiger partial charge >= 0.3 is 0 Å². The van der Waals surface area contributed by atoms with E-state index in [0.29, 0.717) is 56.3 Å². The normalized spacial score (nSPS) is 17.2. The van der Waals surface area contributed by atoms with E-state index in [4.69, 9.17) is 14.2 Å². The molecule has 170 valence electrons. The van der Waals surface area contributed by atoms with Crippen LogP contribution in [0, 0.1) is 5.92 Å². The Hall–Kier alpha value is -3.25. The molecule has 1 saturated heterocycles. The maximum Gasteiger partial charge on any atom is 0.286 e. The summed E-state index contributed by atoms with van der Waals surface area (Å²) in [6.07, 6.45) is 1.42. The maximum atomic E-state index is 12.9. The quantitative estimate of drug-likeness (QED) is 0.587. The monoisotopic (exact) mass is 461 g/mol. The summed E-state index contributed by atoms with van der Waals surface area (Å²) >= 11 is 0.915. The minimum atomic E-state index is -0.477. The predicted molar refractivity (Wildman–Crippen MR) is 114 cm³/mol. The van der Waals surface area contributed by atoms with Gasteiger partial charge in [-0.1, -0.05) is 11.3 Å². The molecule has 12 heteroatoms. The van der Waals surface area contributed by atoms with Crippen molar-refractivity contribution in [1.29, 1.82) is 0 Å². The van der Waals surface area contributed by atoms with Gasteiger partial charge in [0, 0.05) is 38.5 Å². The molecule has 2 aromatic rings. The highest BCUT2D eigenvalue weighted by Crippen LogP contribution is 2.34.